The molecule has 0 radical (unpaired) electrons. The van der Waals surface area contributed by atoms with Crippen molar-refractivity contribution in [3.63, 3.8) is 0 Å². The normalized spacial score (nSPS) is 12.5. The van der Waals surface area contributed by atoms with Gasteiger partial charge in [-0.3, -0.25) is 11.3 Å². The Morgan fingerprint density at radius 3 is 2.44 bits per heavy atom. The molecule has 0 aliphatic heterocycles. The van der Waals surface area contributed by atoms with Crippen molar-refractivity contribution in [3.8, 4) is 0 Å². The fourth-order valence-electron chi connectivity index (χ4n) is 1.51. The minimum Gasteiger partial charge on any atom is -0.303 e. The molecular formula is C10H11BrF2N2O. The van der Waals surface area contributed by atoms with Gasteiger partial charge in [-0.2, -0.15) is 0 Å². The van der Waals surface area contributed by atoms with Crippen molar-refractivity contribution >= 4 is 22.2 Å². The summed E-state index contributed by atoms with van der Waals surface area (Å²) in [5.41, 5.74) is 2.20. The molecule has 0 aliphatic carbocycles. The topological polar surface area (TPSA) is 55.1 Å². The second-order valence-corrected chi connectivity index (χ2v) is 4.21. The molecule has 88 valence electrons. The molecule has 0 saturated carbocycles. The zero-order valence-electron chi connectivity index (χ0n) is 8.34. The number of nitrogens with two attached hydrogens (primary N) is 1. The first kappa shape index (κ1) is 13.2. The zero-order chi connectivity index (χ0) is 12.1. The van der Waals surface area contributed by atoms with Crippen LogP contribution >= 0.6 is 15.9 Å². The van der Waals surface area contributed by atoms with E-state index in [1.165, 1.54) is 0 Å². The van der Waals surface area contributed by atoms with Crippen molar-refractivity contribution in [1.29, 1.82) is 0 Å². The lowest BCUT2D eigenvalue weighted by atomic mass is 9.95. The molecule has 0 aromatic heterocycles. The molecule has 0 aliphatic rings. The maximum absolute atomic E-state index is 13.6. The van der Waals surface area contributed by atoms with Gasteiger partial charge >= 0.3 is 0 Å². The van der Waals surface area contributed by atoms with E-state index < -0.39 is 17.6 Å². The summed E-state index contributed by atoms with van der Waals surface area (Å²) < 4.78 is 27.4. The van der Waals surface area contributed by atoms with Crippen LogP contribution in [-0.2, 0) is 4.79 Å². The minimum atomic E-state index is -0.686. The summed E-state index contributed by atoms with van der Waals surface area (Å²) in [6.45, 7) is 0.133. The van der Waals surface area contributed by atoms with Crippen LogP contribution in [0, 0.1) is 11.6 Å². The Morgan fingerprint density at radius 2 is 2.00 bits per heavy atom. The van der Waals surface area contributed by atoms with E-state index in [1.54, 1.807) is 0 Å². The second kappa shape index (κ2) is 6.03. The molecule has 6 heteroatoms. The van der Waals surface area contributed by atoms with Gasteiger partial charge in [0.1, 0.15) is 17.9 Å². The van der Waals surface area contributed by atoms with Crippen LogP contribution in [0.1, 0.15) is 17.9 Å². The zero-order valence-corrected chi connectivity index (χ0v) is 9.93. The minimum absolute atomic E-state index is 0.0136. The van der Waals surface area contributed by atoms with Crippen molar-refractivity contribution in [1.82, 2.24) is 5.43 Å². The fourth-order valence-corrected chi connectivity index (χ4v) is 1.91. The van der Waals surface area contributed by atoms with Crippen molar-refractivity contribution in [3.05, 3.63) is 33.8 Å². The van der Waals surface area contributed by atoms with E-state index in [0.717, 1.165) is 12.1 Å². The Balaban J connectivity index is 3.12. The molecule has 1 atom stereocenters. The maximum Gasteiger partial charge on any atom is 0.130 e. The summed E-state index contributed by atoms with van der Waals surface area (Å²) in [4.78, 5) is 10.4. The van der Waals surface area contributed by atoms with Crippen molar-refractivity contribution in [2.75, 3.05) is 6.54 Å². The number of carbonyl (C=O) groups excluding carboxylic acids is 1. The Labute approximate surface area is 100 Å². The van der Waals surface area contributed by atoms with Crippen LogP contribution in [0.25, 0.3) is 0 Å². The van der Waals surface area contributed by atoms with Gasteiger partial charge in [0.05, 0.1) is 0 Å². The molecule has 1 rings (SSSR count). The molecule has 1 aromatic rings. The Hall–Kier alpha value is -0.850. The van der Waals surface area contributed by atoms with Gasteiger partial charge in [-0.1, -0.05) is 15.9 Å². The number of halogens is 3. The molecule has 3 nitrogen and oxygen atoms in total. The number of carbonyl (C=O) groups is 1. The lowest BCUT2D eigenvalue weighted by Gasteiger charge is -2.15. The summed E-state index contributed by atoms with van der Waals surface area (Å²) >= 11 is 2.98. The summed E-state index contributed by atoms with van der Waals surface area (Å²) in [5.74, 6) is 3.13. The Kier molecular flexibility index (Phi) is 4.98. The van der Waals surface area contributed by atoms with Gasteiger partial charge in [0.15, 0.2) is 0 Å². The van der Waals surface area contributed by atoms with Gasteiger partial charge in [0.25, 0.3) is 0 Å². The predicted molar refractivity (Wildman–Crippen MR) is 59.7 cm³/mol. The van der Waals surface area contributed by atoms with E-state index in [0.29, 0.717) is 10.8 Å². The molecule has 0 spiro atoms. The van der Waals surface area contributed by atoms with Crippen molar-refractivity contribution in [2.45, 2.75) is 12.3 Å². The molecular weight excluding hydrogens is 282 g/mol. The highest BCUT2D eigenvalue weighted by atomic mass is 79.9. The van der Waals surface area contributed by atoms with Gasteiger partial charge in [0.2, 0.25) is 0 Å². The summed E-state index contributed by atoms with van der Waals surface area (Å²) in [6.07, 6.45) is 0.628. The van der Waals surface area contributed by atoms with Gasteiger partial charge in [-0.15, -0.1) is 0 Å². The highest BCUT2D eigenvalue weighted by molar-refractivity contribution is 9.10. The van der Waals surface area contributed by atoms with Crippen molar-refractivity contribution < 1.29 is 13.6 Å². The summed E-state index contributed by atoms with van der Waals surface area (Å²) in [5, 5.41) is 0. The third-order valence-corrected chi connectivity index (χ3v) is 2.65. The number of nitrogens with one attached hydrogen (secondary N) is 1. The van der Waals surface area contributed by atoms with Gasteiger partial charge in [-0.25, -0.2) is 8.78 Å². The Bertz CT molecular complexity index is 364. The SMILES string of the molecule is NNC[C@H](CC=O)c1c(F)cc(Br)cc1F. The van der Waals surface area contributed by atoms with Gasteiger partial charge in [-0.05, 0) is 12.1 Å². The maximum atomic E-state index is 13.6. The fraction of sp³-hybridized carbons (Fsp3) is 0.300. The van der Waals surface area contributed by atoms with E-state index >= 15 is 0 Å². The Morgan fingerprint density at radius 1 is 1.44 bits per heavy atom. The van der Waals surface area contributed by atoms with E-state index in [9.17, 15) is 13.6 Å². The molecule has 0 amide bonds. The third-order valence-electron chi connectivity index (χ3n) is 2.20. The van der Waals surface area contributed by atoms with E-state index in [1.807, 2.05) is 0 Å². The van der Waals surface area contributed by atoms with Crippen LogP contribution in [0.3, 0.4) is 0 Å². The average molecular weight is 293 g/mol. The molecule has 0 unspecified atom stereocenters. The van der Waals surface area contributed by atoms with Crippen LogP contribution in [0.15, 0.2) is 16.6 Å². The molecule has 16 heavy (non-hydrogen) atoms. The standard InChI is InChI=1S/C10H11BrF2N2O/c11-7-3-8(12)10(9(13)4-7)6(1-2-16)5-15-14/h2-4,6,15H,1,5,14H2/t6-/m0/s1. The van der Waals surface area contributed by atoms with Gasteiger partial charge in [0, 0.05) is 28.9 Å². The quantitative estimate of drug-likeness (QED) is 0.495. The van der Waals surface area contributed by atoms with Crippen molar-refractivity contribution in [2.24, 2.45) is 5.84 Å². The largest absolute Gasteiger partial charge is 0.303 e. The lowest BCUT2D eigenvalue weighted by molar-refractivity contribution is -0.108. The predicted octanol–water partition coefficient (Wildman–Crippen LogP) is 1.86. The monoisotopic (exact) mass is 292 g/mol. The number of hydrogen-bond acceptors (Lipinski definition) is 3. The van der Waals surface area contributed by atoms with E-state index in [-0.39, 0.29) is 18.5 Å². The number of benzene rings is 1. The molecule has 0 saturated heterocycles. The van der Waals surface area contributed by atoms with E-state index in [2.05, 4.69) is 21.4 Å². The second-order valence-electron chi connectivity index (χ2n) is 3.29. The molecule has 0 fully saturated rings. The van der Waals surface area contributed by atoms with Crippen LogP contribution in [0.5, 0.6) is 0 Å². The smallest absolute Gasteiger partial charge is 0.130 e. The third kappa shape index (κ3) is 3.07. The highest BCUT2D eigenvalue weighted by Gasteiger charge is 2.20. The van der Waals surface area contributed by atoms with Gasteiger partial charge < -0.3 is 4.79 Å². The number of aldehydes is 1. The first-order valence-corrected chi connectivity index (χ1v) is 5.41. The molecule has 0 bridgehead atoms. The summed E-state index contributed by atoms with van der Waals surface area (Å²) in [7, 11) is 0. The number of hydrogen-bond donors (Lipinski definition) is 2. The van der Waals surface area contributed by atoms with E-state index in [4.69, 9.17) is 5.84 Å². The van der Waals surface area contributed by atoms with Crippen LogP contribution in [-0.4, -0.2) is 12.8 Å². The molecule has 1 aromatic carbocycles. The van der Waals surface area contributed by atoms with Crippen LogP contribution in [0.2, 0.25) is 0 Å². The first-order chi connectivity index (χ1) is 7.60. The summed E-state index contributed by atoms with van der Waals surface area (Å²) in [6, 6.07) is 2.32. The molecule has 3 N–H and O–H groups in total. The highest BCUT2D eigenvalue weighted by Crippen LogP contribution is 2.27. The average Bonchev–Trinajstić information content (AvgIpc) is 2.16. The molecule has 0 heterocycles. The first-order valence-electron chi connectivity index (χ1n) is 4.61. The lowest BCUT2D eigenvalue weighted by Crippen LogP contribution is -2.29. The van der Waals surface area contributed by atoms with Crippen LogP contribution in [0.4, 0.5) is 8.78 Å². The number of hydrazine groups is 1. The number of rotatable bonds is 5. The van der Waals surface area contributed by atoms with Crippen LogP contribution < -0.4 is 11.3 Å².